The van der Waals surface area contributed by atoms with E-state index in [1.807, 2.05) is 6.08 Å². The van der Waals surface area contributed by atoms with Gasteiger partial charge in [0.05, 0.1) is 23.4 Å². The maximum absolute atomic E-state index is 13.0. The average molecular weight is 358 g/mol. The van der Waals surface area contributed by atoms with Gasteiger partial charge in [0.1, 0.15) is 6.04 Å². The quantitative estimate of drug-likeness (QED) is 0.764. The standard InChI is InChI=1S/C19H22N2O5/c22-15-10-9-13(17(23)20-15)21-18(24)12-7-4-8-14(16(12)19(21)25)26-11-5-2-1-3-6-11/h4,7,11,13-14H,1-3,5-6,8-10H2,(H,20,22,23). The number of amides is 4. The lowest BCUT2D eigenvalue weighted by Crippen LogP contribution is -2.55. The van der Waals surface area contributed by atoms with Crippen molar-refractivity contribution in [1.82, 2.24) is 10.2 Å². The van der Waals surface area contributed by atoms with Gasteiger partial charge in [0.2, 0.25) is 11.8 Å². The van der Waals surface area contributed by atoms with Crippen LogP contribution in [0.4, 0.5) is 0 Å². The number of ether oxygens (including phenoxy) is 1. The van der Waals surface area contributed by atoms with Crippen molar-refractivity contribution >= 4 is 23.6 Å². The summed E-state index contributed by atoms with van der Waals surface area (Å²) in [5.74, 6) is -1.88. The Balaban J connectivity index is 1.55. The minimum absolute atomic E-state index is 0.113. The molecule has 0 bridgehead atoms. The predicted molar refractivity (Wildman–Crippen MR) is 90.6 cm³/mol. The Morgan fingerprint density at radius 1 is 1.00 bits per heavy atom. The highest BCUT2D eigenvalue weighted by molar-refractivity contribution is 6.23. The van der Waals surface area contributed by atoms with Gasteiger partial charge in [-0.2, -0.15) is 0 Å². The minimum Gasteiger partial charge on any atom is -0.370 e. The van der Waals surface area contributed by atoms with E-state index in [9.17, 15) is 19.2 Å². The Morgan fingerprint density at radius 2 is 1.77 bits per heavy atom. The van der Waals surface area contributed by atoms with Crippen LogP contribution in [-0.4, -0.2) is 46.8 Å². The average Bonchev–Trinajstić information content (AvgIpc) is 2.88. The van der Waals surface area contributed by atoms with Crippen LogP contribution in [0.1, 0.15) is 51.4 Å². The largest absolute Gasteiger partial charge is 0.370 e. The molecule has 2 atom stereocenters. The number of nitrogens with one attached hydrogen (secondary N) is 1. The summed E-state index contributed by atoms with van der Waals surface area (Å²) in [5.41, 5.74) is 0.694. The van der Waals surface area contributed by atoms with Crippen LogP contribution in [0.2, 0.25) is 0 Å². The third kappa shape index (κ3) is 2.90. The molecule has 0 spiro atoms. The molecule has 4 aliphatic rings. The third-order valence-corrected chi connectivity index (χ3v) is 5.58. The Labute approximate surface area is 151 Å². The molecular formula is C19H22N2O5. The first-order valence-electron chi connectivity index (χ1n) is 9.34. The van der Waals surface area contributed by atoms with E-state index in [4.69, 9.17) is 4.74 Å². The molecule has 7 heteroatoms. The van der Waals surface area contributed by atoms with E-state index in [1.165, 1.54) is 6.42 Å². The van der Waals surface area contributed by atoms with Crippen LogP contribution >= 0.6 is 0 Å². The molecule has 0 aromatic heterocycles. The second kappa shape index (κ2) is 6.79. The zero-order valence-electron chi connectivity index (χ0n) is 14.5. The van der Waals surface area contributed by atoms with Crippen LogP contribution in [0.25, 0.3) is 0 Å². The number of carbonyl (C=O) groups excluding carboxylic acids is 4. The summed E-state index contributed by atoms with van der Waals surface area (Å²) >= 11 is 0. The van der Waals surface area contributed by atoms with Crippen LogP contribution in [0.15, 0.2) is 23.3 Å². The monoisotopic (exact) mass is 358 g/mol. The lowest BCUT2D eigenvalue weighted by molar-refractivity contribution is -0.150. The fraction of sp³-hybridized carbons (Fsp3) is 0.579. The molecule has 0 aromatic rings. The number of nitrogens with zero attached hydrogens (tertiary/aromatic N) is 1. The first-order chi connectivity index (χ1) is 12.6. The molecule has 4 amide bonds. The number of hydrogen-bond donors (Lipinski definition) is 1. The lowest BCUT2D eigenvalue weighted by atomic mass is 9.94. The molecule has 1 saturated carbocycles. The Bertz CT molecular complexity index is 732. The van der Waals surface area contributed by atoms with Gasteiger partial charge >= 0.3 is 0 Å². The second-order valence-corrected chi connectivity index (χ2v) is 7.30. The molecule has 2 aliphatic carbocycles. The highest BCUT2D eigenvalue weighted by Crippen LogP contribution is 2.35. The molecule has 138 valence electrons. The van der Waals surface area contributed by atoms with Crippen molar-refractivity contribution < 1.29 is 23.9 Å². The summed E-state index contributed by atoms with van der Waals surface area (Å²) in [6.45, 7) is 0. The summed E-state index contributed by atoms with van der Waals surface area (Å²) in [7, 11) is 0. The molecule has 2 unspecified atom stereocenters. The van der Waals surface area contributed by atoms with Crippen molar-refractivity contribution in [3.63, 3.8) is 0 Å². The van der Waals surface area contributed by atoms with Gasteiger partial charge in [-0.3, -0.25) is 29.4 Å². The normalized spacial score (nSPS) is 30.1. The molecule has 26 heavy (non-hydrogen) atoms. The van der Waals surface area contributed by atoms with Crippen molar-refractivity contribution in [1.29, 1.82) is 0 Å². The van der Waals surface area contributed by atoms with E-state index >= 15 is 0 Å². The van der Waals surface area contributed by atoms with Gasteiger partial charge in [0, 0.05) is 6.42 Å². The van der Waals surface area contributed by atoms with Crippen molar-refractivity contribution in [2.24, 2.45) is 0 Å². The smallest absolute Gasteiger partial charge is 0.262 e. The summed E-state index contributed by atoms with van der Waals surface area (Å²) < 4.78 is 6.18. The Kier molecular flexibility index (Phi) is 4.48. The van der Waals surface area contributed by atoms with E-state index in [2.05, 4.69) is 5.32 Å². The van der Waals surface area contributed by atoms with E-state index in [-0.39, 0.29) is 24.9 Å². The Hall–Kier alpha value is -2.28. The molecule has 2 heterocycles. The van der Waals surface area contributed by atoms with Crippen molar-refractivity contribution in [3.8, 4) is 0 Å². The van der Waals surface area contributed by atoms with Crippen LogP contribution in [0.3, 0.4) is 0 Å². The molecule has 1 N–H and O–H groups in total. The van der Waals surface area contributed by atoms with Gasteiger partial charge in [-0.25, -0.2) is 0 Å². The van der Waals surface area contributed by atoms with Crippen LogP contribution in [0, 0.1) is 0 Å². The number of imide groups is 2. The van der Waals surface area contributed by atoms with Crippen molar-refractivity contribution in [3.05, 3.63) is 23.3 Å². The van der Waals surface area contributed by atoms with Gasteiger partial charge in [-0.1, -0.05) is 31.4 Å². The molecule has 2 aliphatic heterocycles. The summed E-state index contributed by atoms with van der Waals surface area (Å²) in [5, 5.41) is 2.21. The molecule has 1 saturated heterocycles. The summed E-state index contributed by atoms with van der Waals surface area (Å²) in [6.07, 6.45) is 9.42. The zero-order valence-corrected chi connectivity index (χ0v) is 14.5. The van der Waals surface area contributed by atoms with Gasteiger partial charge in [-0.15, -0.1) is 0 Å². The number of piperidine rings is 1. The van der Waals surface area contributed by atoms with Crippen LogP contribution < -0.4 is 5.32 Å². The van der Waals surface area contributed by atoms with Gasteiger partial charge in [0.15, 0.2) is 0 Å². The van der Waals surface area contributed by atoms with Crippen LogP contribution in [0.5, 0.6) is 0 Å². The summed E-state index contributed by atoms with van der Waals surface area (Å²) in [4.78, 5) is 50.3. The maximum Gasteiger partial charge on any atom is 0.262 e. The van der Waals surface area contributed by atoms with Gasteiger partial charge in [0.25, 0.3) is 11.8 Å². The fourth-order valence-corrected chi connectivity index (χ4v) is 4.25. The highest BCUT2D eigenvalue weighted by atomic mass is 16.5. The first kappa shape index (κ1) is 17.1. The van der Waals surface area contributed by atoms with Crippen molar-refractivity contribution in [2.75, 3.05) is 0 Å². The highest BCUT2D eigenvalue weighted by Gasteiger charge is 2.48. The second-order valence-electron chi connectivity index (χ2n) is 7.30. The maximum atomic E-state index is 13.0. The molecule has 2 fully saturated rings. The van der Waals surface area contributed by atoms with Gasteiger partial charge in [-0.05, 0) is 25.7 Å². The third-order valence-electron chi connectivity index (χ3n) is 5.58. The molecule has 0 radical (unpaired) electrons. The van der Waals surface area contributed by atoms with E-state index in [0.717, 1.165) is 30.6 Å². The van der Waals surface area contributed by atoms with E-state index in [0.29, 0.717) is 17.6 Å². The topological polar surface area (TPSA) is 92.8 Å². The SMILES string of the molecule is O=C1CCC(N2C(=O)C3=C(C2=O)C(OC2CCCCC2)CC=C3)C(=O)N1. The number of hydrogen-bond acceptors (Lipinski definition) is 5. The molecule has 4 rings (SSSR count). The van der Waals surface area contributed by atoms with E-state index < -0.39 is 29.9 Å². The van der Waals surface area contributed by atoms with Crippen molar-refractivity contribution in [2.45, 2.75) is 69.6 Å². The van der Waals surface area contributed by atoms with Crippen LogP contribution in [-0.2, 0) is 23.9 Å². The first-order valence-corrected chi connectivity index (χ1v) is 9.34. The molecular weight excluding hydrogens is 336 g/mol. The number of carbonyl (C=O) groups is 4. The van der Waals surface area contributed by atoms with E-state index in [1.54, 1.807) is 6.08 Å². The Morgan fingerprint density at radius 3 is 2.50 bits per heavy atom. The lowest BCUT2D eigenvalue weighted by Gasteiger charge is -2.30. The summed E-state index contributed by atoms with van der Waals surface area (Å²) in [6, 6.07) is -0.929. The predicted octanol–water partition coefficient (Wildman–Crippen LogP) is 1.13. The molecule has 7 nitrogen and oxygen atoms in total. The zero-order chi connectivity index (χ0) is 18.3. The minimum atomic E-state index is -0.929. The number of rotatable bonds is 3. The van der Waals surface area contributed by atoms with Gasteiger partial charge < -0.3 is 4.74 Å². The molecule has 0 aromatic carbocycles. The fourth-order valence-electron chi connectivity index (χ4n) is 4.25.